The Morgan fingerprint density at radius 3 is 2.38 bits per heavy atom. The molecule has 1 atom stereocenters. The molecule has 0 spiro atoms. The molecule has 1 aromatic rings. The first-order chi connectivity index (χ1) is 10.3. The molecule has 1 rings (SSSR count). The second-order valence-electron chi connectivity index (χ2n) is 5.04. The molecule has 0 saturated heterocycles. The number of methoxy groups -OCH3 is 2. The molecule has 21 heavy (non-hydrogen) atoms. The minimum absolute atomic E-state index is 0.500. The summed E-state index contributed by atoms with van der Waals surface area (Å²) in [5.74, 6) is 0.911. The molecule has 1 aromatic carbocycles. The number of benzene rings is 1. The normalized spacial score (nSPS) is 12.3. The lowest BCUT2D eigenvalue weighted by molar-refractivity contribution is 0.0655. The minimum atomic E-state index is 0.500. The fourth-order valence-corrected chi connectivity index (χ4v) is 2.24. The Bertz CT molecular complexity index is 354. The number of ether oxygens (including phenoxy) is 3. The van der Waals surface area contributed by atoms with Gasteiger partial charge in [0, 0.05) is 19.8 Å². The van der Waals surface area contributed by atoms with Crippen LogP contribution in [0.5, 0.6) is 5.75 Å². The van der Waals surface area contributed by atoms with Crippen molar-refractivity contribution in [3.8, 4) is 5.75 Å². The Kier molecular flexibility index (Phi) is 9.87. The lowest BCUT2D eigenvalue weighted by Crippen LogP contribution is -2.30. The smallest absolute Gasteiger partial charge is 0.118 e. The Hall–Kier alpha value is -1.10. The van der Waals surface area contributed by atoms with Crippen molar-refractivity contribution >= 4 is 0 Å². The van der Waals surface area contributed by atoms with E-state index in [0.717, 1.165) is 38.2 Å². The standard InChI is InChI=1S/C17H29NO3/c1-4-18-16(11-12-21-14-13-19-2)8-5-15-6-9-17(20-3)10-7-15/h6-7,9-10,16,18H,4-5,8,11-14H2,1-3H3. The predicted octanol–water partition coefficient (Wildman–Crippen LogP) is 2.66. The van der Waals surface area contributed by atoms with E-state index < -0.39 is 0 Å². The third kappa shape index (κ3) is 8.05. The summed E-state index contributed by atoms with van der Waals surface area (Å²) >= 11 is 0. The molecule has 1 N–H and O–H groups in total. The monoisotopic (exact) mass is 295 g/mol. The summed E-state index contributed by atoms with van der Waals surface area (Å²) in [5, 5.41) is 3.53. The van der Waals surface area contributed by atoms with Crippen molar-refractivity contribution in [3.05, 3.63) is 29.8 Å². The van der Waals surface area contributed by atoms with Crippen LogP contribution in [-0.4, -0.2) is 46.6 Å². The maximum absolute atomic E-state index is 5.55. The molecule has 1 unspecified atom stereocenters. The van der Waals surface area contributed by atoms with Gasteiger partial charge in [0.05, 0.1) is 20.3 Å². The Morgan fingerprint density at radius 2 is 1.76 bits per heavy atom. The summed E-state index contributed by atoms with van der Waals surface area (Å²) in [6.45, 7) is 5.26. The number of hydrogen-bond acceptors (Lipinski definition) is 4. The van der Waals surface area contributed by atoms with Crippen molar-refractivity contribution in [3.63, 3.8) is 0 Å². The highest BCUT2D eigenvalue weighted by atomic mass is 16.5. The van der Waals surface area contributed by atoms with Crippen LogP contribution in [0.15, 0.2) is 24.3 Å². The Morgan fingerprint density at radius 1 is 1.00 bits per heavy atom. The summed E-state index contributed by atoms with van der Waals surface area (Å²) in [4.78, 5) is 0. The van der Waals surface area contributed by atoms with E-state index in [1.165, 1.54) is 5.56 Å². The van der Waals surface area contributed by atoms with Gasteiger partial charge in [0.2, 0.25) is 0 Å². The van der Waals surface area contributed by atoms with Crippen LogP contribution < -0.4 is 10.1 Å². The number of aryl methyl sites for hydroxylation is 1. The van der Waals surface area contributed by atoms with Crippen molar-refractivity contribution in [1.29, 1.82) is 0 Å². The molecule has 0 fully saturated rings. The summed E-state index contributed by atoms with van der Waals surface area (Å²) in [6.07, 6.45) is 3.22. The van der Waals surface area contributed by atoms with E-state index in [-0.39, 0.29) is 0 Å². The van der Waals surface area contributed by atoms with Crippen molar-refractivity contribution < 1.29 is 14.2 Å². The van der Waals surface area contributed by atoms with Gasteiger partial charge in [-0.2, -0.15) is 0 Å². The van der Waals surface area contributed by atoms with Crippen LogP contribution in [0.4, 0.5) is 0 Å². The fraction of sp³-hybridized carbons (Fsp3) is 0.647. The summed E-state index contributed by atoms with van der Waals surface area (Å²) in [5.41, 5.74) is 1.35. The number of nitrogens with one attached hydrogen (secondary N) is 1. The SMILES string of the molecule is CCNC(CCOCCOC)CCc1ccc(OC)cc1. The third-order valence-corrected chi connectivity index (χ3v) is 3.48. The average molecular weight is 295 g/mol. The Balaban J connectivity index is 2.28. The van der Waals surface area contributed by atoms with Crippen LogP contribution in [0.25, 0.3) is 0 Å². The molecule has 4 nitrogen and oxygen atoms in total. The fourth-order valence-electron chi connectivity index (χ4n) is 2.24. The van der Waals surface area contributed by atoms with Gasteiger partial charge in [0.15, 0.2) is 0 Å². The second-order valence-corrected chi connectivity index (χ2v) is 5.04. The molecule has 0 radical (unpaired) electrons. The van der Waals surface area contributed by atoms with Gasteiger partial charge in [0.25, 0.3) is 0 Å². The highest BCUT2D eigenvalue weighted by Crippen LogP contribution is 2.14. The minimum Gasteiger partial charge on any atom is -0.497 e. The van der Waals surface area contributed by atoms with Crippen molar-refractivity contribution in [2.45, 2.75) is 32.2 Å². The van der Waals surface area contributed by atoms with Crippen molar-refractivity contribution in [1.82, 2.24) is 5.32 Å². The van der Waals surface area contributed by atoms with Crippen molar-refractivity contribution in [2.24, 2.45) is 0 Å². The molecule has 0 amide bonds. The van der Waals surface area contributed by atoms with E-state index in [1.807, 2.05) is 12.1 Å². The zero-order valence-electron chi connectivity index (χ0n) is 13.6. The lowest BCUT2D eigenvalue weighted by Gasteiger charge is -2.18. The number of rotatable bonds is 12. The molecule has 0 aliphatic heterocycles. The maximum atomic E-state index is 5.55. The molecule has 120 valence electrons. The first kappa shape index (κ1) is 18.0. The summed E-state index contributed by atoms with van der Waals surface area (Å²) in [6, 6.07) is 8.81. The quantitative estimate of drug-likeness (QED) is 0.602. The van der Waals surface area contributed by atoms with Crippen molar-refractivity contribution in [2.75, 3.05) is 40.6 Å². The van der Waals surface area contributed by atoms with E-state index in [4.69, 9.17) is 14.2 Å². The van der Waals surface area contributed by atoms with Gasteiger partial charge < -0.3 is 19.5 Å². The van der Waals surface area contributed by atoms with Gasteiger partial charge in [-0.25, -0.2) is 0 Å². The van der Waals surface area contributed by atoms with Gasteiger partial charge >= 0.3 is 0 Å². The highest BCUT2D eigenvalue weighted by Gasteiger charge is 2.07. The molecule has 4 heteroatoms. The Labute approximate surface area is 128 Å². The molecular weight excluding hydrogens is 266 g/mol. The largest absolute Gasteiger partial charge is 0.497 e. The van der Waals surface area contributed by atoms with E-state index in [0.29, 0.717) is 19.3 Å². The van der Waals surface area contributed by atoms with Crippen LogP contribution in [0.3, 0.4) is 0 Å². The molecule has 0 aliphatic rings. The van der Waals surface area contributed by atoms with Gasteiger partial charge in [-0.1, -0.05) is 19.1 Å². The van der Waals surface area contributed by atoms with Gasteiger partial charge in [-0.05, 0) is 43.5 Å². The first-order valence-electron chi connectivity index (χ1n) is 7.73. The zero-order chi connectivity index (χ0) is 15.3. The van der Waals surface area contributed by atoms with Gasteiger partial charge in [-0.3, -0.25) is 0 Å². The molecular formula is C17H29NO3. The zero-order valence-corrected chi connectivity index (χ0v) is 13.6. The highest BCUT2D eigenvalue weighted by molar-refractivity contribution is 5.27. The summed E-state index contributed by atoms with van der Waals surface area (Å²) in [7, 11) is 3.39. The topological polar surface area (TPSA) is 39.7 Å². The molecule has 0 aromatic heterocycles. The summed E-state index contributed by atoms with van der Waals surface area (Å²) < 4.78 is 15.7. The van der Waals surface area contributed by atoms with Gasteiger partial charge in [0.1, 0.15) is 5.75 Å². The van der Waals surface area contributed by atoms with Crippen LogP contribution in [0.2, 0.25) is 0 Å². The first-order valence-corrected chi connectivity index (χ1v) is 7.73. The van der Waals surface area contributed by atoms with E-state index >= 15 is 0 Å². The van der Waals surface area contributed by atoms with E-state index in [2.05, 4.69) is 24.4 Å². The van der Waals surface area contributed by atoms with Gasteiger partial charge in [-0.15, -0.1) is 0 Å². The molecule has 0 saturated carbocycles. The van der Waals surface area contributed by atoms with Crippen LogP contribution in [-0.2, 0) is 15.9 Å². The lowest BCUT2D eigenvalue weighted by atomic mass is 10.0. The molecule has 0 heterocycles. The average Bonchev–Trinajstić information content (AvgIpc) is 2.52. The maximum Gasteiger partial charge on any atom is 0.118 e. The van der Waals surface area contributed by atoms with E-state index in [9.17, 15) is 0 Å². The van der Waals surface area contributed by atoms with E-state index in [1.54, 1.807) is 14.2 Å². The number of hydrogen-bond donors (Lipinski definition) is 1. The molecule has 0 bridgehead atoms. The predicted molar refractivity (Wildman–Crippen MR) is 86.1 cm³/mol. The molecule has 0 aliphatic carbocycles. The second kappa shape index (κ2) is 11.5. The third-order valence-electron chi connectivity index (χ3n) is 3.48. The van der Waals surface area contributed by atoms with Crippen LogP contribution in [0, 0.1) is 0 Å². The van der Waals surface area contributed by atoms with Crippen LogP contribution >= 0.6 is 0 Å². The van der Waals surface area contributed by atoms with Crippen LogP contribution in [0.1, 0.15) is 25.3 Å².